The van der Waals surface area contributed by atoms with Crippen molar-refractivity contribution in [1.29, 1.82) is 0 Å². The van der Waals surface area contributed by atoms with E-state index in [1.807, 2.05) is 13.1 Å². The van der Waals surface area contributed by atoms with Crippen LogP contribution < -0.4 is 5.32 Å². The van der Waals surface area contributed by atoms with Gasteiger partial charge in [0.15, 0.2) is 0 Å². The molecule has 0 bridgehead atoms. The van der Waals surface area contributed by atoms with Crippen LogP contribution in [-0.4, -0.2) is 51.0 Å². The highest BCUT2D eigenvalue weighted by atomic mass is 35.5. The molecule has 118 valence electrons. The molecule has 21 heavy (non-hydrogen) atoms. The van der Waals surface area contributed by atoms with Gasteiger partial charge in [-0.3, -0.25) is 4.90 Å². The molecular formula is C13H20Cl2N4OS. The predicted octanol–water partition coefficient (Wildman–Crippen LogP) is 1.69. The molecule has 0 saturated carbocycles. The molecule has 2 N–H and O–H groups in total. The van der Waals surface area contributed by atoms with Gasteiger partial charge in [-0.2, -0.15) is 8.75 Å². The van der Waals surface area contributed by atoms with Crippen LogP contribution in [0.1, 0.15) is 12.0 Å². The third-order valence-electron chi connectivity index (χ3n) is 3.56. The van der Waals surface area contributed by atoms with E-state index >= 15 is 0 Å². The van der Waals surface area contributed by atoms with E-state index in [2.05, 4.69) is 31.1 Å². The van der Waals surface area contributed by atoms with Crippen molar-refractivity contribution in [2.45, 2.75) is 18.6 Å². The molecule has 1 saturated heterocycles. The lowest BCUT2D eigenvalue weighted by Gasteiger charge is -2.28. The first-order valence-corrected chi connectivity index (χ1v) is 7.21. The Bertz CT molecular complexity index is 574. The summed E-state index contributed by atoms with van der Waals surface area (Å²) in [6.07, 6.45) is 0.826. The van der Waals surface area contributed by atoms with Crippen molar-refractivity contribution in [2.24, 2.45) is 0 Å². The van der Waals surface area contributed by atoms with Crippen molar-refractivity contribution >= 4 is 47.6 Å². The normalized spacial score (nSPS) is 21.3. The van der Waals surface area contributed by atoms with Gasteiger partial charge in [-0.1, -0.05) is 6.07 Å². The molecule has 8 heteroatoms. The number of rotatable bonds is 4. The van der Waals surface area contributed by atoms with E-state index in [1.165, 1.54) is 17.3 Å². The number of fused-ring (bicyclic) bond motifs is 1. The van der Waals surface area contributed by atoms with Crippen LogP contribution in [0.25, 0.3) is 11.0 Å². The Balaban J connectivity index is 0.00000110. The minimum atomic E-state index is -0.582. The number of benzene rings is 1. The van der Waals surface area contributed by atoms with Crippen molar-refractivity contribution in [3.05, 3.63) is 23.8 Å². The highest BCUT2D eigenvalue weighted by molar-refractivity contribution is 7.00. The molecule has 5 nitrogen and oxygen atoms in total. The first-order valence-electron chi connectivity index (χ1n) is 6.47. The van der Waals surface area contributed by atoms with Crippen LogP contribution in [0.2, 0.25) is 0 Å². The average molecular weight is 351 g/mol. The second-order valence-electron chi connectivity index (χ2n) is 5.41. The smallest absolute Gasteiger partial charge is 0.105 e. The van der Waals surface area contributed by atoms with Gasteiger partial charge in [0, 0.05) is 19.6 Å². The predicted molar refractivity (Wildman–Crippen MR) is 90.7 cm³/mol. The Morgan fingerprint density at radius 3 is 2.81 bits per heavy atom. The van der Waals surface area contributed by atoms with E-state index in [4.69, 9.17) is 0 Å². The first-order chi connectivity index (χ1) is 9.15. The Morgan fingerprint density at radius 1 is 1.33 bits per heavy atom. The Labute approximate surface area is 140 Å². The van der Waals surface area contributed by atoms with Gasteiger partial charge in [0.1, 0.15) is 11.0 Å². The SMILES string of the molecule is CN(Cc1ccc2nsnc2c1)CC1(O)CCNC1.Cl.Cl. The minimum Gasteiger partial charge on any atom is -0.387 e. The van der Waals surface area contributed by atoms with E-state index in [0.717, 1.165) is 30.5 Å². The molecular weight excluding hydrogens is 331 g/mol. The van der Waals surface area contributed by atoms with Crippen LogP contribution in [0.3, 0.4) is 0 Å². The summed E-state index contributed by atoms with van der Waals surface area (Å²) in [4.78, 5) is 2.16. The molecule has 1 aromatic carbocycles. The van der Waals surface area contributed by atoms with E-state index in [-0.39, 0.29) is 24.8 Å². The second-order valence-corrected chi connectivity index (χ2v) is 5.94. The summed E-state index contributed by atoms with van der Waals surface area (Å²) < 4.78 is 8.46. The maximum absolute atomic E-state index is 10.4. The molecule has 0 spiro atoms. The third kappa shape index (κ3) is 4.48. The molecule has 0 amide bonds. The van der Waals surface area contributed by atoms with Crippen LogP contribution in [0, 0.1) is 0 Å². The average Bonchev–Trinajstić information content (AvgIpc) is 2.97. The molecule has 2 aromatic rings. The van der Waals surface area contributed by atoms with E-state index < -0.39 is 5.60 Å². The molecule has 1 aliphatic rings. The number of aromatic nitrogens is 2. The number of hydrogen-bond donors (Lipinski definition) is 2. The van der Waals surface area contributed by atoms with Crippen molar-refractivity contribution in [1.82, 2.24) is 19.0 Å². The van der Waals surface area contributed by atoms with Crippen LogP contribution in [-0.2, 0) is 6.54 Å². The summed E-state index contributed by atoms with van der Waals surface area (Å²) in [7, 11) is 2.04. The Morgan fingerprint density at radius 2 is 2.10 bits per heavy atom. The van der Waals surface area contributed by atoms with Gasteiger partial charge in [-0.25, -0.2) is 0 Å². The first kappa shape index (κ1) is 18.5. The highest BCUT2D eigenvalue weighted by Gasteiger charge is 2.31. The maximum Gasteiger partial charge on any atom is 0.105 e. The summed E-state index contributed by atoms with van der Waals surface area (Å²) in [5.74, 6) is 0. The molecule has 1 fully saturated rings. The van der Waals surface area contributed by atoms with Gasteiger partial charge in [-0.15, -0.1) is 24.8 Å². The number of nitrogens with zero attached hydrogens (tertiary/aromatic N) is 3. The van der Waals surface area contributed by atoms with Crippen LogP contribution in [0.15, 0.2) is 18.2 Å². The second kappa shape index (κ2) is 7.67. The zero-order valence-electron chi connectivity index (χ0n) is 11.8. The summed E-state index contributed by atoms with van der Waals surface area (Å²) in [6.45, 7) is 3.09. The number of hydrogen-bond acceptors (Lipinski definition) is 6. The summed E-state index contributed by atoms with van der Waals surface area (Å²) in [6, 6.07) is 6.16. The fraction of sp³-hybridized carbons (Fsp3) is 0.538. The van der Waals surface area contributed by atoms with Gasteiger partial charge in [-0.05, 0) is 37.7 Å². The third-order valence-corrected chi connectivity index (χ3v) is 4.11. The molecule has 2 heterocycles. The van der Waals surface area contributed by atoms with Crippen molar-refractivity contribution in [2.75, 3.05) is 26.7 Å². The van der Waals surface area contributed by atoms with Crippen LogP contribution >= 0.6 is 36.5 Å². The van der Waals surface area contributed by atoms with E-state index in [1.54, 1.807) is 0 Å². The molecule has 3 rings (SSSR count). The number of halogens is 2. The number of aliphatic hydroxyl groups is 1. The monoisotopic (exact) mass is 350 g/mol. The van der Waals surface area contributed by atoms with E-state index in [9.17, 15) is 5.11 Å². The largest absolute Gasteiger partial charge is 0.387 e. The van der Waals surface area contributed by atoms with Gasteiger partial charge < -0.3 is 10.4 Å². The summed E-state index contributed by atoms with van der Waals surface area (Å²) >= 11 is 1.24. The van der Waals surface area contributed by atoms with Crippen molar-refractivity contribution in [3.63, 3.8) is 0 Å². The van der Waals surface area contributed by atoms with E-state index in [0.29, 0.717) is 13.1 Å². The lowest BCUT2D eigenvalue weighted by atomic mass is 10.0. The maximum atomic E-state index is 10.4. The Kier molecular flexibility index (Phi) is 6.77. The van der Waals surface area contributed by atoms with Gasteiger partial charge in [0.05, 0.1) is 17.3 Å². The Hall–Kier alpha value is -0.500. The molecule has 1 aromatic heterocycles. The van der Waals surface area contributed by atoms with Crippen LogP contribution in [0.4, 0.5) is 0 Å². The number of nitrogens with one attached hydrogen (secondary N) is 1. The van der Waals surface area contributed by atoms with Gasteiger partial charge in [0.2, 0.25) is 0 Å². The molecule has 0 aliphatic carbocycles. The molecule has 0 radical (unpaired) electrons. The fourth-order valence-corrected chi connectivity index (χ4v) is 3.18. The number of β-amino-alcohol motifs (C(OH)–C–C–N with tert-alkyl or cyclic N) is 1. The van der Waals surface area contributed by atoms with Gasteiger partial charge in [0.25, 0.3) is 0 Å². The van der Waals surface area contributed by atoms with Crippen LogP contribution in [0.5, 0.6) is 0 Å². The minimum absolute atomic E-state index is 0. The lowest BCUT2D eigenvalue weighted by Crippen LogP contribution is -2.42. The highest BCUT2D eigenvalue weighted by Crippen LogP contribution is 2.18. The fourth-order valence-electron chi connectivity index (χ4n) is 2.66. The standard InChI is InChI=1S/C13H18N4OS.2ClH/c1-17(9-13(18)4-5-14-8-13)7-10-2-3-11-12(6-10)16-19-15-11;;/h2-3,6,14,18H,4-5,7-9H2,1H3;2*1H. The zero-order chi connectivity index (χ0) is 13.3. The lowest BCUT2D eigenvalue weighted by molar-refractivity contribution is 0.0264. The summed E-state index contributed by atoms with van der Waals surface area (Å²) in [5, 5.41) is 13.6. The molecule has 1 atom stereocenters. The molecule has 1 unspecified atom stereocenters. The number of likely N-dealkylation sites (N-methyl/N-ethyl adjacent to an activating group) is 1. The molecule has 1 aliphatic heterocycles. The quantitative estimate of drug-likeness (QED) is 0.878. The van der Waals surface area contributed by atoms with Gasteiger partial charge >= 0.3 is 0 Å². The van der Waals surface area contributed by atoms with Crippen molar-refractivity contribution in [3.8, 4) is 0 Å². The summed E-state index contributed by atoms with van der Waals surface area (Å²) in [5.41, 5.74) is 2.53. The zero-order valence-corrected chi connectivity index (χ0v) is 14.2. The topological polar surface area (TPSA) is 61.3 Å². The van der Waals surface area contributed by atoms with Crippen molar-refractivity contribution < 1.29 is 5.11 Å².